The highest BCUT2D eigenvalue weighted by molar-refractivity contribution is 9.10. The molecule has 0 bridgehead atoms. The standard InChI is InChI=1S/C19H15BrN2O3/c20-15-7-3-4-8-17(15)22-18(23)11-25-19(24)14-9-12-5-1-2-6-13(12)10-16(14)21/h1-10H,11,21H2,(H,22,23). The number of para-hydroxylation sites is 1. The van der Waals surface area contributed by atoms with Gasteiger partial charge in [-0.05, 0) is 51.0 Å². The van der Waals surface area contributed by atoms with Crippen LogP contribution in [-0.2, 0) is 9.53 Å². The van der Waals surface area contributed by atoms with Crippen LogP contribution in [0.4, 0.5) is 11.4 Å². The molecule has 0 aliphatic heterocycles. The average Bonchev–Trinajstić information content (AvgIpc) is 2.61. The summed E-state index contributed by atoms with van der Waals surface area (Å²) in [5.74, 6) is -1.06. The molecule has 0 fully saturated rings. The van der Waals surface area contributed by atoms with Crippen LogP contribution in [0.2, 0.25) is 0 Å². The smallest absolute Gasteiger partial charge is 0.340 e. The fourth-order valence-corrected chi connectivity index (χ4v) is 2.78. The molecule has 3 rings (SSSR count). The van der Waals surface area contributed by atoms with Crippen LogP contribution in [0, 0.1) is 0 Å². The number of rotatable bonds is 4. The van der Waals surface area contributed by atoms with Gasteiger partial charge in [0.25, 0.3) is 5.91 Å². The van der Waals surface area contributed by atoms with Gasteiger partial charge in [0.05, 0.1) is 11.3 Å². The number of carbonyl (C=O) groups is 2. The van der Waals surface area contributed by atoms with Gasteiger partial charge in [-0.2, -0.15) is 0 Å². The van der Waals surface area contributed by atoms with Crippen molar-refractivity contribution < 1.29 is 14.3 Å². The predicted octanol–water partition coefficient (Wildman–Crippen LogP) is 3.98. The highest BCUT2D eigenvalue weighted by Crippen LogP contribution is 2.23. The predicted molar refractivity (Wildman–Crippen MR) is 101 cm³/mol. The monoisotopic (exact) mass is 398 g/mol. The zero-order chi connectivity index (χ0) is 17.8. The summed E-state index contributed by atoms with van der Waals surface area (Å²) in [7, 11) is 0. The number of esters is 1. The second kappa shape index (κ2) is 7.36. The fourth-order valence-electron chi connectivity index (χ4n) is 2.39. The molecule has 0 spiro atoms. The van der Waals surface area contributed by atoms with Gasteiger partial charge in [-0.3, -0.25) is 4.79 Å². The number of benzene rings is 3. The average molecular weight is 399 g/mol. The number of anilines is 2. The Morgan fingerprint density at radius 1 is 1.00 bits per heavy atom. The number of ether oxygens (including phenoxy) is 1. The summed E-state index contributed by atoms with van der Waals surface area (Å²) >= 11 is 3.34. The first kappa shape index (κ1) is 17.0. The Kier molecular flexibility index (Phi) is 5.00. The van der Waals surface area contributed by atoms with Gasteiger partial charge in [0.1, 0.15) is 0 Å². The van der Waals surface area contributed by atoms with E-state index in [-0.39, 0.29) is 5.56 Å². The van der Waals surface area contributed by atoms with Crippen LogP contribution < -0.4 is 11.1 Å². The lowest BCUT2D eigenvalue weighted by atomic mass is 10.1. The molecule has 25 heavy (non-hydrogen) atoms. The minimum Gasteiger partial charge on any atom is -0.452 e. The minimum absolute atomic E-state index is 0.243. The van der Waals surface area contributed by atoms with Crippen molar-refractivity contribution in [3.8, 4) is 0 Å². The van der Waals surface area contributed by atoms with Crippen LogP contribution in [0.5, 0.6) is 0 Å². The Hall–Kier alpha value is -2.86. The summed E-state index contributed by atoms with van der Waals surface area (Å²) in [6.45, 7) is -0.396. The molecule has 0 radical (unpaired) electrons. The first-order valence-electron chi connectivity index (χ1n) is 7.54. The normalized spacial score (nSPS) is 10.4. The zero-order valence-corrected chi connectivity index (χ0v) is 14.7. The van der Waals surface area contributed by atoms with Crippen LogP contribution in [0.15, 0.2) is 65.1 Å². The molecule has 126 valence electrons. The Morgan fingerprint density at radius 2 is 1.64 bits per heavy atom. The van der Waals surface area contributed by atoms with Crippen LogP contribution in [-0.4, -0.2) is 18.5 Å². The van der Waals surface area contributed by atoms with Crippen molar-refractivity contribution in [2.24, 2.45) is 0 Å². The van der Waals surface area contributed by atoms with Crippen LogP contribution in [0.1, 0.15) is 10.4 Å². The van der Waals surface area contributed by atoms with E-state index in [0.29, 0.717) is 11.4 Å². The number of nitrogens with one attached hydrogen (secondary N) is 1. The summed E-state index contributed by atoms with van der Waals surface area (Å²) < 4.78 is 5.83. The molecule has 0 atom stereocenters. The van der Waals surface area contributed by atoms with Gasteiger partial charge >= 0.3 is 5.97 Å². The van der Waals surface area contributed by atoms with Gasteiger partial charge in [-0.15, -0.1) is 0 Å². The van der Waals surface area contributed by atoms with Crippen molar-refractivity contribution in [2.75, 3.05) is 17.7 Å². The molecule has 0 heterocycles. The third kappa shape index (κ3) is 3.97. The number of hydrogen-bond acceptors (Lipinski definition) is 4. The lowest BCUT2D eigenvalue weighted by Gasteiger charge is -2.10. The number of nitrogen functional groups attached to an aromatic ring is 1. The molecule has 3 aromatic rings. The van der Waals surface area contributed by atoms with E-state index in [1.165, 1.54) is 0 Å². The Bertz CT molecular complexity index is 956. The van der Waals surface area contributed by atoms with Crippen molar-refractivity contribution in [1.29, 1.82) is 0 Å². The zero-order valence-electron chi connectivity index (χ0n) is 13.2. The molecule has 0 saturated carbocycles. The first-order valence-corrected chi connectivity index (χ1v) is 8.33. The summed E-state index contributed by atoms with van der Waals surface area (Å²) in [4.78, 5) is 24.2. The van der Waals surface area contributed by atoms with Crippen molar-refractivity contribution in [2.45, 2.75) is 0 Å². The van der Waals surface area contributed by atoms with E-state index in [9.17, 15) is 9.59 Å². The maximum Gasteiger partial charge on any atom is 0.340 e. The van der Waals surface area contributed by atoms with E-state index in [2.05, 4.69) is 21.2 Å². The summed E-state index contributed by atoms with van der Waals surface area (Å²) in [5.41, 5.74) is 7.09. The number of carbonyl (C=O) groups excluding carboxylic acids is 2. The van der Waals surface area contributed by atoms with E-state index in [1.807, 2.05) is 30.3 Å². The molecule has 0 aromatic heterocycles. The Balaban J connectivity index is 1.67. The first-order chi connectivity index (χ1) is 12.0. The number of hydrogen-bond donors (Lipinski definition) is 2. The SMILES string of the molecule is Nc1cc2ccccc2cc1C(=O)OCC(=O)Nc1ccccc1Br. The molecule has 0 aliphatic rings. The van der Waals surface area contributed by atoms with Crippen LogP contribution >= 0.6 is 15.9 Å². The quantitative estimate of drug-likeness (QED) is 0.514. The summed E-state index contributed by atoms with van der Waals surface area (Å²) in [5, 5.41) is 4.48. The minimum atomic E-state index is -0.634. The fraction of sp³-hybridized carbons (Fsp3) is 0.0526. The Morgan fingerprint density at radius 3 is 2.36 bits per heavy atom. The van der Waals surface area contributed by atoms with Gasteiger partial charge in [0.15, 0.2) is 6.61 Å². The second-order valence-corrected chi connectivity index (χ2v) is 6.25. The summed E-state index contributed by atoms with van der Waals surface area (Å²) in [6.07, 6.45) is 0. The number of halogens is 1. The molecule has 3 aromatic carbocycles. The Labute approximate surface area is 152 Å². The van der Waals surface area contributed by atoms with Gasteiger partial charge in [0, 0.05) is 10.2 Å². The molecule has 0 unspecified atom stereocenters. The van der Waals surface area contributed by atoms with Crippen LogP contribution in [0.3, 0.4) is 0 Å². The van der Waals surface area contributed by atoms with E-state index >= 15 is 0 Å². The topological polar surface area (TPSA) is 81.4 Å². The molecule has 6 heteroatoms. The van der Waals surface area contributed by atoms with Crippen molar-refractivity contribution in [1.82, 2.24) is 0 Å². The lowest BCUT2D eigenvalue weighted by molar-refractivity contribution is -0.119. The van der Waals surface area contributed by atoms with E-state index in [0.717, 1.165) is 15.2 Å². The lowest BCUT2D eigenvalue weighted by Crippen LogP contribution is -2.21. The van der Waals surface area contributed by atoms with E-state index in [4.69, 9.17) is 10.5 Å². The summed E-state index contributed by atoms with van der Waals surface area (Å²) in [6, 6.07) is 18.1. The van der Waals surface area contributed by atoms with Gasteiger partial charge < -0.3 is 15.8 Å². The molecule has 0 aliphatic carbocycles. The van der Waals surface area contributed by atoms with Gasteiger partial charge in [-0.1, -0.05) is 36.4 Å². The molecule has 5 nitrogen and oxygen atoms in total. The second-order valence-electron chi connectivity index (χ2n) is 5.39. The maximum atomic E-state index is 12.2. The third-order valence-electron chi connectivity index (χ3n) is 3.62. The highest BCUT2D eigenvalue weighted by atomic mass is 79.9. The molecular weight excluding hydrogens is 384 g/mol. The molecular formula is C19H15BrN2O3. The van der Waals surface area contributed by atoms with E-state index < -0.39 is 18.5 Å². The molecule has 3 N–H and O–H groups in total. The third-order valence-corrected chi connectivity index (χ3v) is 4.31. The van der Waals surface area contributed by atoms with Gasteiger partial charge in [-0.25, -0.2) is 4.79 Å². The van der Waals surface area contributed by atoms with Crippen molar-refractivity contribution >= 4 is 50.0 Å². The van der Waals surface area contributed by atoms with Gasteiger partial charge in [0.2, 0.25) is 0 Å². The number of nitrogens with two attached hydrogens (primary N) is 1. The highest BCUT2D eigenvalue weighted by Gasteiger charge is 2.15. The largest absolute Gasteiger partial charge is 0.452 e. The maximum absolute atomic E-state index is 12.2. The van der Waals surface area contributed by atoms with Crippen LogP contribution in [0.25, 0.3) is 10.8 Å². The van der Waals surface area contributed by atoms with Crippen molar-refractivity contribution in [3.05, 3.63) is 70.7 Å². The molecule has 1 amide bonds. The number of fused-ring (bicyclic) bond motifs is 1. The van der Waals surface area contributed by atoms with E-state index in [1.54, 1.807) is 30.3 Å². The van der Waals surface area contributed by atoms with Crippen molar-refractivity contribution in [3.63, 3.8) is 0 Å². The number of amides is 1. The molecule has 0 saturated heterocycles.